The fourth-order valence-electron chi connectivity index (χ4n) is 2.76. The van der Waals surface area contributed by atoms with Crippen molar-refractivity contribution in [2.24, 2.45) is 0 Å². The Morgan fingerprint density at radius 2 is 1.91 bits per heavy atom. The molecule has 3 nitrogen and oxygen atoms in total. The maximum Gasteiger partial charge on any atom is 0.310 e. The minimum Gasteiger partial charge on any atom is -0.462 e. The molecule has 2 aromatic carbocycles. The van der Waals surface area contributed by atoms with Gasteiger partial charge < -0.3 is 4.74 Å². The predicted molar refractivity (Wildman–Crippen MR) is 91.1 cm³/mol. The van der Waals surface area contributed by atoms with Gasteiger partial charge in [0.15, 0.2) is 0 Å². The maximum absolute atomic E-state index is 12.2. The van der Waals surface area contributed by atoms with E-state index in [1.807, 2.05) is 49.4 Å². The number of carbonyl (C=O) groups excluding carboxylic acids is 1. The molecular formula is C20H19NO2. The molecule has 3 heteroatoms. The summed E-state index contributed by atoms with van der Waals surface area (Å²) in [5, 5.41) is 2.24. The molecule has 0 radical (unpaired) electrons. The number of nitrogens with zero attached hydrogens (tertiary/aromatic N) is 1. The smallest absolute Gasteiger partial charge is 0.310 e. The van der Waals surface area contributed by atoms with Crippen LogP contribution in [-0.4, -0.2) is 17.1 Å². The van der Waals surface area contributed by atoms with Crippen LogP contribution in [0.4, 0.5) is 0 Å². The molecule has 3 rings (SSSR count). The summed E-state index contributed by atoms with van der Waals surface area (Å²) in [5.74, 6) is -0.197. The van der Waals surface area contributed by atoms with Crippen molar-refractivity contribution in [1.29, 1.82) is 0 Å². The Hall–Kier alpha value is -2.68. The third kappa shape index (κ3) is 3.95. The van der Waals surface area contributed by atoms with Crippen molar-refractivity contribution in [3.63, 3.8) is 0 Å². The van der Waals surface area contributed by atoms with Gasteiger partial charge in [0.2, 0.25) is 0 Å². The lowest BCUT2D eigenvalue weighted by atomic mass is 10.0. The molecule has 0 fully saturated rings. The summed E-state index contributed by atoms with van der Waals surface area (Å²) < 4.78 is 5.54. The highest BCUT2D eigenvalue weighted by Crippen LogP contribution is 2.19. The molecule has 1 heterocycles. The van der Waals surface area contributed by atoms with Crippen LogP contribution in [0.15, 0.2) is 67.0 Å². The largest absolute Gasteiger partial charge is 0.462 e. The number of hydrogen-bond acceptors (Lipinski definition) is 3. The Kier molecular flexibility index (Phi) is 4.67. The van der Waals surface area contributed by atoms with Gasteiger partial charge in [-0.2, -0.15) is 0 Å². The first-order valence-electron chi connectivity index (χ1n) is 7.77. The van der Waals surface area contributed by atoms with Crippen LogP contribution >= 0.6 is 0 Å². The number of benzene rings is 2. The average molecular weight is 305 g/mol. The standard InChI is InChI=1S/C20H19NO2/c1-15(12-16-6-5-11-21-14-16)23-20(22)13-18-9-4-8-17-7-2-3-10-19(17)18/h2-11,14-15H,12-13H2,1H3/t15-/m0/s1. The number of hydrogen-bond donors (Lipinski definition) is 0. The van der Waals surface area contributed by atoms with Gasteiger partial charge >= 0.3 is 5.97 Å². The van der Waals surface area contributed by atoms with Crippen LogP contribution in [0, 0.1) is 0 Å². The van der Waals surface area contributed by atoms with E-state index in [9.17, 15) is 4.79 Å². The molecule has 0 bridgehead atoms. The monoisotopic (exact) mass is 305 g/mol. The minimum atomic E-state index is -0.197. The molecule has 0 N–H and O–H groups in total. The summed E-state index contributed by atoms with van der Waals surface area (Å²) >= 11 is 0. The van der Waals surface area contributed by atoms with Crippen LogP contribution in [-0.2, 0) is 22.4 Å². The lowest BCUT2D eigenvalue weighted by molar-refractivity contribution is -0.147. The van der Waals surface area contributed by atoms with Crippen molar-refractivity contribution >= 4 is 16.7 Å². The van der Waals surface area contributed by atoms with E-state index >= 15 is 0 Å². The van der Waals surface area contributed by atoms with Crippen molar-refractivity contribution in [3.8, 4) is 0 Å². The van der Waals surface area contributed by atoms with Crippen LogP contribution in [0.1, 0.15) is 18.1 Å². The molecular weight excluding hydrogens is 286 g/mol. The average Bonchev–Trinajstić information content (AvgIpc) is 2.56. The zero-order valence-corrected chi connectivity index (χ0v) is 13.1. The summed E-state index contributed by atoms with van der Waals surface area (Å²) in [5.41, 5.74) is 2.07. The van der Waals surface area contributed by atoms with Crippen molar-refractivity contribution in [2.75, 3.05) is 0 Å². The fourth-order valence-corrected chi connectivity index (χ4v) is 2.76. The molecule has 3 aromatic rings. The highest BCUT2D eigenvalue weighted by molar-refractivity contribution is 5.88. The summed E-state index contributed by atoms with van der Waals surface area (Å²) in [4.78, 5) is 16.3. The van der Waals surface area contributed by atoms with E-state index in [-0.39, 0.29) is 12.1 Å². The van der Waals surface area contributed by atoms with Gasteiger partial charge in [0, 0.05) is 18.8 Å². The second-order valence-corrected chi connectivity index (χ2v) is 5.68. The molecule has 1 aromatic heterocycles. The number of esters is 1. The third-order valence-corrected chi connectivity index (χ3v) is 3.79. The number of aromatic nitrogens is 1. The second-order valence-electron chi connectivity index (χ2n) is 5.68. The molecule has 0 unspecified atom stereocenters. The van der Waals surface area contributed by atoms with E-state index in [4.69, 9.17) is 4.74 Å². The number of fused-ring (bicyclic) bond motifs is 1. The van der Waals surface area contributed by atoms with Crippen LogP contribution in [0.25, 0.3) is 10.8 Å². The first kappa shape index (κ1) is 15.2. The lowest BCUT2D eigenvalue weighted by Gasteiger charge is -2.14. The molecule has 1 atom stereocenters. The number of rotatable bonds is 5. The van der Waals surface area contributed by atoms with Gasteiger partial charge in [0.05, 0.1) is 6.42 Å². The predicted octanol–water partition coefficient (Wildman–Crippen LogP) is 3.95. The van der Waals surface area contributed by atoms with Crippen molar-refractivity contribution in [2.45, 2.75) is 25.9 Å². The summed E-state index contributed by atoms with van der Waals surface area (Å²) in [6.45, 7) is 1.91. The van der Waals surface area contributed by atoms with Crippen LogP contribution in [0.5, 0.6) is 0 Å². The van der Waals surface area contributed by atoms with Gasteiger partial charge in [-0.1, -0.05) is 48.5 Å². The minimum absolute atomic E-state index is 0.165. The Bertz CT molecular complexity index is 794. The SMILES string of the molecule is C[C@@H](Cc1cccnc1)OC(=O)Cc1cccc2ccccc12. The Labute approximate surface area is 135 Å². The van der Waals surface area contributed by atoms with E-state index in [0.29, 0.717) is 12.8 Å². The Morgan fingerprint density at radius 3 is 2.74 bits per heavy atom. The van der Waals surface area contributed by atoms with Crippen LogP contribution in [0.2, 0.25) is 0 Å². The highest BCUT2D eigenvalue weighted by Gasteiger charge is 2.12. The number of ether oxygens (including phenoxy) is 1. The van der Waals surface area contributed by atoms with E-state index < -0.39 is 0 Å². The first-order valence-corrected chi connectivity index (χ1v) is 7.77. The Morgan fingerprint density at radius 1 is 1.09 bits per heavy atom. The van der Waals surface area contributed by atoms with E-state index in [1.54, 1.807) is 12.4 Å². The topological polar surface area (TPSA) is 39.2 Å². The third-order valence-electron chi connectivity index (χ3n) is 3.79. The summed E-state index contributed by atoms with van der Waals surface area (Å²) in [6.07, 6.45) is 4.34. The molecule has 0 aliphatic heterocycles. The van der Waals surface area contributed by atoms with E-state index in [1.165, 1.54) is 0 Å². The second kappa shape index (κ2) is 7.05. The molecule has 0 saturated carbocycles. The van der Waals surface area contributed by atoms with E-state index in [2.05, 4.69) is 17.1 Å². The maximum atomic E-state index is 12.2. The summed E-state index contributed by atoms with van der Waals surface area (Å²) in [6, 6.07) is 18.0. The van der Waals surface area contributed by atoms with Gasteiger partial charge in [-0.25, -0.2) is 0 Å². The Balaban J connectivity index is 1.64. The van der Waals surface area contributed by atoms with Gasteiger partial charge in [0.1, 0.15) is 6.10 Å². The van der Waals surface area contributed by atoms with Gasteiger partial charge in [-0.3, -0.25) is 9.78 Å². The molecule has 0 amide bonds. The molecule has 0 saturated heterocycles. The zero-order chi connectivity index (χ0) is 16.1. The highest BCUT2D eigenvalue weighted by atomic mass is 16.5. The molecule has 0 aliphatic carbocycles. The molecule has 0 spiro atoms. The van der Waals surface area contributed by atoms with Gasteiger partial charge in [-0.05, 0) is 34.9 Å². The van der Waals surface area contributed by atoms with Gasteiger partial charge in [0.25, 0.3) is 0 Å². The quantitative estimate of drug-likeness (QED) is 0.670. The normalized spacial score (nSPS) is 12.0. The lowest BCUT2D eigenvalue weighted by Crippen LogP contribution is -2.19. The van der Waals surface area contributed by atoms with Crippen LogP contribution in [0.3, 0.4) is 0 Å². The zero-order valence-electron chi connectivity index (χ0n) is 13.1. The molecule has 0 aliphatic rings. The van der Waals surface area contributed by atoms with E-state index in [0.717, 1.165) is 21.9 Å². The van der Waals surface area contributed by atoms with Crippen molar-refractivity contribution < 1.29 is 9.53 Å². The van der Waals surface area contributed by atoms with Gasteiger partial charge in [-0.15, -0.1) is 0 Å². The van der Waals surface area contributed by atoms with Crippen LogP contribution < -0.4 is 0 Å². The molecule has 23 heavy (non-hydrogen) atoms. The van der Waals surface area contributed by atoms with Crippen molar-refractivity contribution in [1.82, 2.24) is 4.98 Å². The number of pyridine rings is 1. The van der Waals surface area contributed by atoms with Crippen molar-refractivity contribution in [3.05, 3.63) is 78.1 Å². The fraction of sp³-hybridized carbons (Fsp3) is 0.200. The first-order chi connectivity index (χ1) is 11.2. The number of carbonyl (C=O) groups is 1. The summed E-state index contributed by atoms with van der Waals surface area (Å²) in [7, 11) is 0. The molecule has 116 valence electrons.